The van der Waals surface area contributed by atoms with Gasteiger partial charge >= 0.3 is 12.1 Å². The zero-order valence-corrected chi connectivity index (χ0v) is 19.7. The Morgan fingerprint density at radius 1 is 1.09 bits per heavy atom. The minimum atomic E-state index is -0.906. The van der Waals surface area contributed by atoms with Crippen LogP contribution in [-0.4, -0.2) is 78.8 Å². The zero-order chi connectivity index (χ0) is 24.4. The van der Waals surface area contributed by atoms with E-state index in [2.05, 4.69) is 17.4 Å². The molecule has 1 fully saturated rings. The average molecular weight is 466 g/mol. The van der Waals surface area contributed by atoms with Gasteiger partial charge in [-0.15, -0.1) is 0 Å². The van der Waals surface area contributed by atoms with Crippen LogP contribution in [0.3, 0.4) is 0 Å². The molecular formula is C26H31N3O5. The van der Waals surface area contributed by atoms with Crippen LogP contribution in [0.25, 0.3) is 11.1 Å². The fourth-order valence-corrected chi connectivity index (χ4v) is 5.11. The van der Waals surface area contributed by atoms with Crippen LogP contribution in [-0.2, 0) is 14.3 Å². The molecule has 2 unspecified atom stereocenters. The van der Waals surface area contributed by atoms with Crippen LogP contribution < -0.4 is 5.32 Å². The van der Waals surface area contributed by atoms with Crippen LogP contribution in [0.1, 0.15) is 30.4 Å². The first-order valence-corrected chi connectivity index (χ1v) is 11.6. The van der Waals surface area contributed by atoms with Gasteiger partial charge in [-0.2, -0.15) is 0 Å². The summed E-state index contributed by atoms with van der Waals surface area (Å²) in [6.07, 6.45) is -0.259. The number of carbonyl (C=O) groups is 3. The molecule has 2 aromatic carbocycles. The molecule has 0 bridgehead atoms. The molecule has 1 heterocycles. The van der Waals surface area contributed by atoms with Crippen molar-refractivity contribution in [3.63, 3.8) is 0 Å². The monoisotopic (exact) mass is 465 g/mol. The van der Waals surface area contributed by atoms with Crippen LogP contribution in [0.2, 0.25) is 0 Å². The Morgan fingerprint density at radius 3 is 2.21 bits per heavy atom. The molecule has 2 aliphatic rings. The van der Waals surface area contributed by atoms with Gasteiger partial charge in [0.25, 0.3) is 0 Å². The van der Waals surface area contributed by atoms with E-state index in [-0.39, 0.29) is 25.0 Å². The maximum absolute atomic E-state index is 13.2. The minimum absolute atomic E-state index is 0.0731. The van der Waals surface area contributed by atoms with E-state index in [1.807, 2.05) is 55.4 Å². The molecule has 8 nitrogen and oxygen atoms in total. The third kappa shape index (κ3) is 4.63. The highest BCUT2D eigenvalue weighted by atomic mass is 16.5. The number of carboxylic acids is 1. The number of hydrogen-bond acceptors (Lipinski definition) is 5. The number of amides is 2. The molecule has 2 amide bonds. The van der Waals surface area contributed by atoms with E-state index >= 15 is 0 Å². The fraction of sp³-hybridized carbons (Fsp3) is 0.423. The topological polar surface area (TPSA) is 99.2 Å². The van der Waals surface area contributed by atoms with E-state index in [0.29, 0.717) is 13.0 Å². The van der Waals surface area contributed by atoms with E-state index in [1.165, 1.54) is 0 Å². The Balaban J connectivity index is 1.43. The first kappa shape index (κ1) is 23.8. The van der Waals surface area contributed by atoms with Crippen molar-refractivity contribution in [2.24, 2.45) is 5.92 Å². The quantitative estimate of drug-likeness (QED) is 0.653. The van der Waals surface area contributed by atoms with Crippen molar-refractivity contribution in [3.8, 4) is 11.1 Å². The predicted molar refractivity (Wildman–Crippen MR) is 127 cm³/mol. The Labute approximate surface area is 199 Å². The van der Waals surface area contributed by atoms with Crippen molar-refractivity contribution >= 4 is 18.0 Å². The highest BCUT2D eigenvalue weighted by Crippen LogP contribution is 2.44. The smallest absolute Gasteiger partial charge is 0.407 e. The average Bonchev–Trinajstić information content (AvgIpc) is 3.34. The van der Waals surface area contributed by atoms with Gasteiger partial charge in [-0.1, -0.05) is 48.5 Å². The summed E-state index contributed by atoms with van der Waals surface area (Å²) in [5.74, 6) is -1.87. The second kappa shape index (κ2) is 9.85. The number of likely N-dealkylation sites (N-methyl/N-ethyl adjacent to an activating group) is 1. The summed E-state index contributed by atoms with van der Waals surface area (Å²) in [5, 5.41) is 12.1. The maximum atomic E-state index is 13.2. The molecule has 1 aliphatic carbocycles. The number of nitrogens with zero attached hydrogens (tertiary/aromatic N) is 2. The maximum Gasteiger partial charge on any atom is 0.407 e. The minimum Gasteiger partial charge on any atom is -0.481 e. The van der Waals surface area contributed by atoms with Crippen molar-refractivity contribution in [1.82, 2.24) is 15.1 Å². The molecule has 34 heavy (non-hydrogen) atoms. The lowest BCUT2D eigenvalue weighted by atomic mass is 9.98. The summed E-state index contributed by atoms with van der Waals surface area (Å²) >= 11 is 0. The van der Waals surface area contributed by atoms with Crippen LogP contribution in [0.15, 0.2) is 48.5 Å². The van der Waals surface area contributed by atoms with Crippen LogP contribution >= 0.6 is 0 Å². The number of ether oxygens (including phenoxy) is 1. The molecule has 1 saturated heterocycles. The highest BCUT2D eigenvalue weighted by molar-refractivity contribution is 5.87. The Kier molecular flexibility index (Phi) is 6.88. The summed E-state index contributed by atoms with van der Waals surface area (Å²) in [6, 6.07) is 14.9. The number of aliphatic carboxylic acids is 1. The lowest BCUT2D eigenvalue weighted by Gasteiger charge is -2.29. The molecule has 3 atom stereocenters. The number of fused-ring (bicyclic) bond motifs is 3. The summed E-state index contributed by atoms with van der Waals surface area (Å²) in [4.78, 5) is 40.8. The molecule has 0 spiro atoms. The standard InChI is InChI=1S/C26H31N3O5/c1-16-17(25(31)32)12-13-29(16)24(30)23(14-28(2)3)27-26(33)34-15-22-20-10-6-4-8-18(20)19-9-5-7-11-21(19)22/h4-11,16-17,22-23H,12-15H2,1-3H3,(H,27,33)(H,31,32)/t16?,17?,23-/m0/s1. The predicted octanol–water partition coefficient (Wildman–Crippen LogP) is 2.78. The first-order valence-electron chi connectivity index (χ1n) is 11.6. The van der Waals surface area contributed by atoms with Gasteiger partial charge in [0.15, 0.2) is 0 Å². The summed E-state index contributed by atoms with van der Waals surface area (Å²) in [6.45, 7) is 2.53. The number of likely N-dealkylation sites (tertiary alicyclic amines) is 1. The molecule has 0 radical (unpaired) electrons. The number of nitrogens with one attached hydrogen (secondary N) is 1. The normalized spacial score (nSPS) is 20.1. The number of carbonyl (C=O) groups excluding carboxylic acids is 2. The molecule has 2 N–H and O–H groups in total. The third-order valence-corrected chi connectivity index (χ3v) is 6.84. The SMILES string of the molecule is CC1C(C(=O)O)CCN1C(=O)[C@H](CN(C)C)NC(=O)OCC1c2ccccc2-c2ccccc21. The largest absolute Gasteiger partial charge is 0.481 e. The van der Waals surface area contributed by atoms with Gasteiger partial charge in [0.2, 0.25) is 5.91 Å². The van der Waals surface area contributed by atoms with Crippen molar-refractivity contribution in [3.05, 3.63) is 59.7 Å². The Bertz CT molecular complexity index is 1040. The molecule has 4 rings (SSSR count). The zero-order valence-electron chi connectivity index (χ0n) is 19.7. The van der Waals surface area contributed by atoms with Crippen LogP contribution in [0.4, 0.5) is 4.79 Å². The van der Waals surface area contributed by atoms with E-state index in [9.17, 15) is 19.5 Å². The van der Waals surface area contributed by atoms with E-state index in [1.54, 1.807) is 11.8 Å². The van der Waals surface area contributed by atoms with Crippen molar-refractivity contribution in [2.75, 3.05) is 33.8 Å². The molecule has 8 heteroatoms. The van der Waals surface area contributed by atoms with Crippen molar-refractivity contribution in [2.45, 2.75) is 31.3 Å². The number of rotatable bonds is 7. The van der Waals surface area contributed by atoms with Gasteiger partial charge in [-0.05, 0) is 49.7 Å². The Hall–Kier alpha value is -3.39. The van der Waals surface area contributed by atoms with E-state index in [4.69, 9.17) is 4.74 Å². The molecule has 180 valence electrons. The number of alkyl carbamates (subject to hydrolysis) is 1. The highest BCUT2D eigenvalue weighted by Gasteiger charge is 2.41. The van der Waals surface area contributed by atoms with E-state index in [0.717, 1.165) is 22.3 Å². The fourth-order valence-electron chi connectivity index (χ4n) is 5.11. The molecule has 1 aliphatic heterocycles. The van der Waals surface area contributed by atoms with Crippen LogP contribution in [0, 0.1) is 5.92 Å². The van der Waals surface area contributed by atoms with Gasteiger partial charge in [0.1, 0.15) is 12.6 Å². The summed E-state index contributed by atoms with van der Waals surface area (Å²) < 4.78 is 5.62. The second-order valence-electron chi connectivity index (χ2n) is 9.29. The van der Waals surface area contributed by atoms with Gasteiger partial charge < -0.3 is 25.0 Å². The number of carboxylic acid groups (broad SMARTS) is 1. The number of benzene rings is 2. The third-order valence-electron chi connectivity index (χ3n) is 6.84. The lowest BCUT2D eigenvalue weighted by Crippen LogP contribution is -2.54. The molecule has 2 aromatic rings. The Morgan fingerprint density at radius 2 is 1.68 bits per heavy atom. The van der Waals surface area contributed by atoms with Gasteiger partial charge in [0.05, 0.1) is 5.92 Å². The summed E-state index contributed by atoms with van der Waals surface area (Å²) in [7, 11) is 3.63. The van der Waals surface area contributed by atoms with Crippen molar-refractivity contribution < 1.29 is 24.2 Å². The van der Waals surface area contributed by atoms with E-state index < -0.39 is 30.1 Å². The molecular weight excluding hydrogens is 434 g/mol. The van der Waals surface area contributed by atoms with Crippen molar-refractivity contribution in [1.29, 1.82) is 0 Å². The molecule has 0 saturated carbocycles. The second-order valence-corrected chi connectivity index (χ2v) is 9.29. The number of hydrogen-bond donors (Lipinski definition) is 2. The van der Waals surface area contributed by atoms with Gasteiger partial charge in [-0.25, -0.2) is 4.79 Å². The first-order chi connectivity index (χ1) is 16.3. The van der Waals surface area contributed by atoms with Crippen LogP contribution in [0.5, 0.6) is 0 Å². The van der Waals surface area contributed by atoms with Gasteiger partial charge in [-0.3, -0.25) is 9.59 Å². The molecule has 0 aromatic heterocycles. The lowest BCUT2D eigenvalue weighted by molar-refractivity contribution is -0.143. The summed E-state index contributed by atoms with van der Waals surface area (Å²) in [5.41, 5.74) is 4.51. The van der Waals surface area contributed by atoms with Gasteiger partial charge in [0, 0.05) is 25.0 Å².